The summed E-state index contributed by atoms with van der Waals surface area (Å²) in [6.45, 7) is 0. The van der Waals surface area contributed by atoms with Crippen molar-refractivity contribution in [2.75, 3.05) is 5.73 Å². The molecule has 0 aliphatic heterocycles. The third-order valence-corrected chi connectivity index (χ3v) is 7.00. The van der Waals surface area contributed by atoms with Crippen LogP contribution in [0.4, 0.5) is 5.00 Å². The zero-order chi connectivity index (χ0) is 17.3. The highest BCUT2D eigenvalue weighted by Gasteiger charge is 2.28. The molecule has 2 N–H and O–H groups in total. The lowest BCUT2D eigenvalue weighted by atomic mass is 10.1. The second-order valence-electron chi connectivity index (χ2n) is 4.94. The molecule has 7 heteroatoms. The lowest BCUT2D eigenvalue weighted by Gasteiger charge is -2.07. The smallest absolute Gasteiger partial charge is 0.216 e. The topological polar surface area (TPSA) is 83.9 Å². The zero-order valence-corrected chi connectivity index (χ0v) is 14.6. The van der Waals surface area contributed by atoms with E-state index in [1.807, 2.05) is 6.07 Å². The number of nitrogens with zero attached hydrogens (tertiary/aromatic N) is 1. The standard InChI is InChI=1S/C17H11ClN2O2S2/c18-12-8-6-11(7-9-12)15-14(10-19)16(20)23-17(15)24(21,22)13-4-2-1-3-5-13/h1-9H,20H2. The van der Waals surface area contributed by atoms with E-state index in [-0.39, 0.29) is 19.7 Å². The maximum Gasteiger partial charge on any atom is 0.216 e. The van der Waals surface area contributed by atoms with Crippen molar-refractivity contribution in [1.29, 1.82) is 5.26 Å². The molecule has 0 bridgehead atoms. The molecule has 0 spiro atoms. The number of nitrogens with two attached hydrogens (primary N) is 1. The molecule has 0 radical (unpaired) electrons. The van der Waals surface area contributed by atoms with Gasteiger partial charge in [0, 0.05) is 10.6 Å². The van der Waals surface area contributed by atoms with E-state index in [0.29, 0.717) is 16.1 Å². The van der Waals surface area contributed by atoms with Gasteiger partial charge < -0.3 is 5.73 Å². The van der Waals surface area contributed by atoms with E-state index in [9.17, 15) is 13.7 Å². The largest absolute Gasteiger partial charge is 0.389 e. The molecule has 0 saturated heterocycles. The third kappa shape index (κ3) is 2.78. The summed E-state index contributed by atoms with van der Waals surface area (Å²) in [5, 5.41) is 10.1. The Kier molecular flexibility index (Phi) is 4.33. The number of anilines is 1. The monoisotopic (exact) mass is 374 g/mol. The van der Waals surface area contributed by atoms with E-state index in [0.717, 1.165) is 11.3 Å². The van der Waals surface area contributed by atoms with Crippen molar-refractivity contribution < 1.29 is 8.42 Å². The average molecular weight is 375 g/mol. The molecule has 0 saturated carbocycles. The van der Waals surface area contributed by atoms with Crippen LogP contribution in [0.15, 0.2) is 63.7 Å². The Labute approximate surface area is 148 Å². The van der Waals surface area contributed by atoms with E-state index >= 15 is 0 Å². The predicted octanol–water partition coefficient (Wildman–Crippen LogP) is 4.36. The van der Waals surface area contributed by atoms with Crippen molar-refractivity contribution in [3.8, 4) is 17.2 Å². The van der Waals surface area contributed by atoms with Gasteiger partial charge in [-0.2, -0.15) is 5.26 Å². The van der Waals surface area contributed by atoms with Gasteiger partial charge in [-0.15, -0.1) is 11.3 Å². The van der Waals surface area contributed by atoms with E-state index in [4.69, 9.17) is 17.3 Å². The summed E-state index contributed by atoms with van der Waals surface area (Å²) in [4.78, 5) is 0.158. The first kappa shape index (κ1) is 16.5. The summed E-state index contributed by atoms with van der Waals surface area (Å²) >= 11 is 6.80. The van der Waals surface area contributed by atoms with Crippen molar-refractivity contribution in [1.82, 2.24) is 0 Å². The number of hydrogen-bond donors (Lipinski definition) is 1. The molecule has 4 nitrogen and oxygen atoms in total. The highest BCUT2D eigenvalue weighted by molar-refractivity contribution is 7.93. The minimum atomic E-state index is -3.79. The fourth-order valence-electron chi connectivity index (χ4n) is 2.31. The first-order valence-corrected chi connectivity index (χ1v) is 9.51. The van der Waals surface area contributed by atoms with Crippen LogP contribution in [-0.2, 0) is 9.84 Å². The van der Waals surface area contributed by atoms with Gasteiger partial charge in [0.05, 0.1) is 10.5 Å². The van der Waals surface area contributed by atoms with Crippen LogP contribution in [0.5, 0.6) is 0 Å². The molecular formula is C17H11ClN2O2S2. The maximum atomic E-state index is 13.0. The SMILES string of the molecule is N#Cc1c(N)sc(S(=O)(=O)c2ccccc2)c1-c1ccc(Cl)cc1. The molecule has 0 amide bonds. The second-order valence-corrected chi connectivity index (χ2v) is 8.57. The molecule has 1 heterocycles. The van der Waals surface area contributed by atoms with Crippen LogP contribution < -0.4 is 5.73 Å². The Morgan fingerprint density at radius 3 is 2.25 bits per heavy atom. The molecule has 0 atom stereocenters. The summed E-state index contributed by atoms with van der Waals surface area (Å²) in [6.07, 6.45) is 0. The fraction of sp³-hybridized carbons (Fsp3) is 0. The van der Waals surface area contributed by atoms with Crippen LogP contribution in [-0.4, -0.2) is 8.42 Å². The van der Waals surface area contributed by atoms with Crippen LogP contribution in [0.25, 0.3) is 11.1 Å². The molecule has 0 aliphatic carbocycles. The number of halogens is 1. The van der Waals surface area contributed by atoms with Gasteiger partial charge in [-0.3, -0.25) is 0 Å². The predicted molar refractivity (Wildman–Crippen MR) is 95.8 cm³/mol. The molecule has 0 unspecified atom stereocenters. The summed E-state index contributed by atoms with van der Waals surface area (Å²) in [5.41, 5.74) is 6.97. The number of rotatable bonds is 3. The minimum absolute atomic E-state index is 0.0603. The Morgan fingerprint density at radius 2 is 1.67 bits per heavy atom. The van der Waals surface area contributed by atoms with Crippen molar-refractivity contribution in [3.05, 3.63) is 65.2 Å². The van der Waals surface area contributed by atoms with Gasteiger partial charge in [-0.25, -0.2) is 8.42 Å². The molecule has 24 heavy (non-hydrogen) atoms. The number of nitriles is 1. The lowest BCUT2D eigenvalue weighted by molar-refractivity contribution is 0.598. The van der Waals surface area contributed by atoms with E-state index < -0.39 is 9.84 Å². The van der Waals surface area contributed by atoms with Crippen LogP contribution in [0.3, 0.4) is 0 Å². The first-order valence-electron chi connectivity index (χ1n) is 6.83. The van der Waals surface area contributed by atoms with Crippen molar-refractivity contribution >= 4 is 37.8 Å². The van der Waals surface area contributed by atoms with E-state index in [1.54, 1.807) is 42.5 Å². The zero-order valence-electron chi connectivity index (χ0n) is 12.2. The molecule has 1 aromatic heterocycles. The quantitative estimate of drug-likeness (QED) is 0.738. The Balaban J connectivity index is 2.31. The second kappa shape index (κ2) is 6.29. The Bertz CT molecular complexity index is 1030. The molecule has 2 aromatic carbocycles. The van der Waals surface area contributed by atoms with Crippen molar-refractivity contribution in [2.24, 2.45) is 0 Å². The first-order chi connectivity index (χ1) is 11.4. The number of nitrogen functional groups attached to an aromatic ring is 1. The average Bonchev–Trinajstić information content (AvgIpc) is 2.93. The molecular weight excluding hydrogens is 364 g/mol. The molecule has 3 aromatic rings. The molecule has 0 aliphatic rings. The highest BCUT2D eigenvalue weighted by atomic mass is 35.5. The number of sulfone groups is 1. The number of hydrogen-bond acceptors (Lipinski definition) is 5. The van der Waals surface area contributed by atoms with Crippen molar-refractivity contribution in [2.45, 2.75) is 9.10 Å². The third-order valence-electron chi connectivity index (χ3n) is 3.45. The Hall–Kier alpha value is -2.33. The van der Waals surface area contributed by atoms with Crippen LogP contribution in [0.2, 0.25) is 5.02 Å². The van der Waals surface area contributed by atoms with Gasteiger partial charge >= 0.3 is 0 Å². The maximum absolute atomic E-state index is 13.0. The molecule has 120 valence electrons. The van der Waals surface area contributed by atoms with Crippen LogP contribution in [0, 0.1) is 11.3 Å². The summed E-state index contributed by atoms with van der Waals surface area (Å²) in [5.74, 6) is 0. The van der Waals surface area contributed by atoms with Gasteiger partial charge in [-0.05, 0) is 29.8 Å². The Morgan fingerprint density at radius 1 is 1.04 bits per heavy atom. The van der Waals surface area contributed by atoms with E-state index in [1.165, 1.54) is 12.1 Å². The fourth-order valence-corrected chi connectivity index (χ4v) is 5.43. The van der Waals surface area contributed by atoms with Crippen LogP contribution in [0.1, 0.15) is 5.56 Å². The minimum Gasteiger partial charge on any atom is -0.389 e. The summed E-state index contributed by atoms with van der Waals surface area (Å²) in [6, 6.07) is 16.7. The number of benzene rings is 2. The number of thiophene rings is 1. The highest BCUT2D eigenvalue weighted by Crippen LogP contribution is 2.43. The normalized spacial score (nSPS) is 11.2. The van der Waals surface area contributed by atoms with Crippen LogP contribution >= 0.6 is 22.9 Å². The van der Waals surface area contributed by atoms with Gasteiger partial charge in [-0.1, -0.05) is 41.9 Å². The van der Waals surface area contributed by atoms with Gasteiger partial charge in [0.1, 0.15) is 15.3 Å². The van der Waals surface area contributed by atoms with Gasteiger partial charge in [0.25, 0.3) is 0 Å². The lowest BCUT2D eigenvalue weighted by Crippen LogP contribution is -2.01. The van der Waals surface area contributed by atoms with Crippen molar-refractivity contribution in [3.63, 3.8) is 0 Å². The molecule has 0 fully saturated rings. The summed E-state index contributed by atoms with van der Waals surface area (Å²) in [7, 11) is -3.79. The molecule has 3 rings (SSSR count). The summed E-state index contributed by atoms with van der Waals surface area (Å²) < 4.78 is 26.1. The van der Waals surface area contributed by atoms with Gasteiger partial charge in [0.2, 0.25) is 9.84 Å². The van der Waals surface area contributed by atoms with E-state index in [2.05, 4.69) is 0 Å². The van der Waals surface area contributed by atoms with Gasteiger partial charge in [0.15, 0.2) is 0 Å².